The Morgan fingerprint density at radius 3 is 1.89 bits per heavy atom. The molecule has 0 radical (unpaired) electrons. The average molecular weight is 417 g/mol. The molecular formula is C17H21F6NO4. The van der Waals surface area contributed by atoms with Gasteiger partial charge in [0.1, 0.15) is 11.7 Å². The summed E-state index contributed by atoms with van der Waals surface area (Å²) in [5, 5.41) is 22.1. The number of benzene rings is 1. The van der Waals surface area contributed by atoms with Crippen LogP contribution in [-0.4, -0.2) is 34.6 Å². The minimum Gasteiger partial charge on any atom is -0.444 e. The number of alkyl halides is 6. The van der Waals surface area contributed by atoms with Gasteiger partial charge in [0.25, 0.3) is 0 Å². The van der Waals surface area contributed by atoms with E-state index in [1.165, 1.54) is 0 Å². The van der Waals surface area contributed by atoms with Crippen LogP contribution >= 0.6 is 0 Å². The van der Waals surface area contributed by atoms with Gasteiger partial charge in [-0.1, -0.05) is 6.07 Å². The molecule has 160 valence electrons. The Labute approximate surface area is 157 Å². The Balaban J connectivity index is 3.01. The van der Waals surface area contributed by atoms with Gasteiger partial charge in [-0.15, -0.1) is 0 Å². The number of aliphatic hydroxyl groups excluding tert-OH is 2. The van der Waals surface area contributed by atoms with E-state index in [0.717, 1.165) is 0 Å². The third-order valence-corrected chi connectivity index (χ3v) is 3.49. The molecule has 2 atom stereocenters. The number of hydrogen-bond acceptors (Lipinski definition) is 4. The van der Waals surface area contributed by atoms with Crippen molar-refractivity contribution in [3.8, 4) is 0 Å². The first kappa shape index (κ1) is 24.0. The van der Waals surface area contributed by atoms with Crippen molar-refractivity contribution in [3.05, 3.63) is 34.9 Å². The summed E-state index contributed by atoms with van der Waals surface area (Å²) in [6.45, 7) is 4.40. The molecule has 1 amide bonds. The van der Waals surface area contributed by atoms with E-state index in [0.29, 0.717) is 18.2 Å². The molecule has 0 heterocycles. The summed E-state index contributed by atoms with van der Waals surface area (Å²) in [5.41, 5.74) is -5.69. The maximum atomic E-state index is 13.1. The molecule has 0 aliphatic heterocycles. The lowest BCUT2D eigenvalue weighted by molar-refractivity contribution is -0.147. The van der Waals surface area contributed by atoms with Gasteiger partial charge < -0.3 is 20.3 Å². The van der Waals surface area contributed by atoms with Crippen molar-refractivity contribution in [1.29, 1.82) is 0 Å². The van der Waals surface area contributed by atoms with Crippen LogP contribution in [0.15, 0.2) is 18.2 Å². The van der Waals surface area contributed by atoms with E-state index < -0.39 is 59.4 Å². The highest BCUT2D eigenvalue weighted by Gasteiger charge is 2.43. The molecule has 2 unspecified atom stereocenters. The zero-order valence-electron chi connectivity index (χ0n) is 15.3. The summed E-state index contributed by atoms with van der Waals surface area (Å²) < 4.78 is 83.6. The SMILES string of the molecule is CC(C)(C)OC(=O)NCCC(O)C(O)c1c(C(F)(F)F)cccc1C(F)(F)F. The molecule has 0 saturated carbocycles. The summed E-state index contributed by atoms with van der Waals surface area (Å²) in [5.74, 6) is 0. The number of ether oxygens (including phenoxy) is 1. The van der Waals surface area contributed by atoms with Gasteiger partial charge >= 0.3 is 18.4 Å². The van der Waals surface area contributed by atoms with Crippen LogP contribution in [0.5, 0.6) is 0 Å². The van der Waals surface area contributed by atoms with E-state index in [1.807, 2.05) is 0 Å². The summed E-state index contributed by atoms with van der Waals surface area (Å²) in [7, 11) is 0. The van der Waals surface area contributed by atoms with Crippen molar-refractivity contribution >= 4 is 6.09 Å². The smallest absolute Gasteiger partial charge is 0.416 e. The molecule has 0 aromatic heterocycles. The van der Waals surface area contributed by atoms with Crippen LogP contribution < -0.4 is 5.32 Å². The maximum absolute atomic E-state index is 13.1. The van der Waals surface area contributed by atoms with E-state index >= 15 is 0 Å². The molecule has 1 aromatic carbocycles. The van der Waals surface area contributed by atoms with Crippen LogP contribution in [0.25, 0.3) is 0 Å². The normalized spacial score (nSPS) is 15.1. The Morgan fingerprint density at radius 2 is 1.50 bits per heavy atom. The maximum Gasteiger partial charge on any atom is 0.416 e. The summed E-state index contributed by atoms with van der Waals surface area (Å²) in [4.78, 5) is 11.5. The lowest BCUT2D eigenvalue weighted by Gasteiger charge is -2.25. The zero-order chi connectivity index (χ0) is 21.9. The molecule has 1 rings (SSSR count). The van der Waals surface area contributed by atoms with E-state index in [4.69, 9.17) is 4.74 Å². The number of carbonyl (C=O) groups is 1. The Bertz CT molecular complexity index is 649. The van der Waals surface area contributed by atoms with E-state index in [2.05, 4.69) is 5.32 Å². The number of alkyl carbamates (subject to hydrolysis) is 1. The lowest BCUT2D eigenvalue weighted by atomic mass is 9.91. The lowest BCUT2D eigenvalue weighted by Crippen LogP contribution is -2.35. The molecule has 0 fully saturated rings. The quantitative estimate of drug-likeness (QED) is 0.632. The van der Waals surface area contributed by atoms with Gasteiger partial charge in [0.15, 0.2) is 0 Å². The highest BCUT2D eigenvalue weighted by molar-refractivity contribution is 5.67. The molecule has 1 aromatic rings. The molecule has 0 spiro atoms. The molecule has 0 bridgehead atoms. The summed E-state index contributed by atoms with van der Waals surface area (Å²) in [6, 6.07) is 1.34. The van der Waals surface area contributed by atoms with Gasteiger partial charge in [0.05, 0.1) is 17.2 Å². The number of hydrogen-bond donors (Lipinski definition) is 3. The fraction of sp³-hybridized carbons (Fsp3) is 0.588. The van der Waals surface area contributed by atoms with Crippen LogP contribution in [0, 0.1) is 0 Å². The third kappa shape index (κ3) is 6.86. The zero-order valence-corrected chi connectivity index (χ0v) is 15.3. The van der Waals surface area contributed by atoms with Crippen LogP contribution in [0.1, 0.15) is 50.0 Å². The number of amides is 1. The summed E-state index contributed by atoms with van der Waals surface area (Å²) >= 11 is 0. The fourth-order valence-electron chi connectivity index (χ4n) is 2.36. The Morgan fingerprint density at radius 1 is 1.04 bits per heavy atom. The van der Waals surface area contributed by atoms with Gasteiger partial charge in [-0.25, -0.2) is 4.79 Å². The number of halogens is 6. The second-order valence-corrected chi connectivity index (χ2v) is 6.99. The van der Waals surface area contributed by atoms with E-state index in [9.17, 15) is 41.4 Å². The molecular weight excluding hydrogens is 396 g/mol. The minimum absolute atomic E-state index is 0.345. The molecule has 0 aliphatic rings. The van der Waals surface area contributed by atoms with Crippen molar-refractivity contribution in [2.75, 3.05) is 6.54 Å². The Hall–Kier alpha value is -2.01. The van der Waals surface area contributed by atoms with Gasteiger partial charge in [0, 0.05) is 12.1 Å². The van der Waals surface area contributed by atoms with Gasteiger partial charge in [0.2, 0.25) is 0 Å². The second kappa shape index (κ2) is 8.56. The Kier molecular flexibility index (Phi) is 7.35. The highest BCUT2D eigenvalue weighted by atomic mass is 19.4. The number of rotatable bonds is 5. The molecule has 0 aliphatic carbocycles. The predicted molar refractivity (Wildman–Crippen MR) is 86.3 cm³/mol. The highest BCUT2D eigenvalue weighted by Crippen LogP contribution is 2.42. The molecule has 11 heteroatoms. The van der Waals surface area contributed by atoms with Crippen LogP contribution in [0.4, 0.5) is 31.1 Å². The van der Waals surface area contributed by atoms with Crippen LogP contribution in [-0.2, 0) is 17.1 Å². The van der Waals surface area contributed by atoms with E-state index in [1.54, 1.807) is 20.8 Å². The molecule has 3 N–H and O–H groups in total. The molecule has 28 heavy (non-hydrogen) atoms. The number of nitrogens with one attached hydrogen (secondary N) is 1. The fourth-order valence-corrected chi connectivity index (χ4v) is 2.36. The van der Waals surface area contributed by atoms with Crippen LogP contribution in [0.3, 0.4) is 0 Å². The average Bonchev–Trinajstić information content (AvgIpc) is 2.49. The number of aliphatic hydroxyl groups is 2. The molecule has 0 saturated heterocycles. The van der Waals surface area contributed by atoms with Gasteiger partial charge in [-0.2, -0.15) is 26.3 Å². The third-order valence-electron chi connectivity index (χ3n) is 3.49. The molecule has 5 nitrogen and oxygen atoms in total. The van der Waals surface area contributed by atoms with Crippen LogP contribution in [0.2, 0.25) is 0 Å². The van der Waals surface area contributed by atoms with Gasteiger partial charge in [-0.3, -0.25) is 0 Å². The standard InChI is InChI=1S/C17H21F6NO4/c1-15(2,3)28-14(27)24-8-7-11(25)13(26)12-9(16(18,19)20)5-4-6-10(12)17(21,22)23/h4-6,11,13,25-26H,7-8H2,1-3H3,(H,24,27). The number of carbonyl (C=O) groups excluding carboxylic acids is 1. The van der Waals surface area contributed by atoms with Crippen molar-refractivity contribution < 1.29 is 46.1 Å². The van der Waals surface area contributed by atoms with Gasteiger partial charge in [-0.05, 0) is 39.3 Å². The van der Waals surface area contributed by atoms with Crippen molar-refractivity contribution in [2.45, 2.75) is 57.4 Å². The topological polar surface area (TPSA) is 78.8 Å². The van der Waals surface area contributed by atoms with E-state index in [-0.39, 0.29) is 6.54 Å². The first-order valence-electron chi connectivity index (χ1n) is 8.14. The van der Waals surface area contributed by atoms with Crippen molar-refractivity contribution in [3.63, 3.8) is 0 Å². The van der Waals surface area contributed by atoms with Crippen molar-refractivity contribution in [2.24, 2.45) is 0 Å². The monoisotopic (exact) mass is 417 g/mol. The summed E-state index contributed by atoms with van der Waals surface area (Å²) in [6.07, 6.45) is -16.2. The minimum atomic E-state index is -5.17. The van der Waals surface area contributed by atoms with Crippen molar-refractivity contribution in [1.82, 2.24) is 5.32 Å². The first-order valence-corrected chi connectivity index (χ1v) is 8.14. The first-order chi connectivity index (χ1) is 12.5. The largest absolute Gasteiger partial charge is 0.444 e. The second-order valence-electron chi connectivity index (χ2n) is 6.99. The predicted octanol–water partition coefficient (Wildman–Crippen LogP) is 4.03.